The summed E-state index contributed by atoms with van der Waals surface area (Å²) in [5.41, 5.74) is 2.96. The van der Waals surface area contributed by atoms with Crippen LogP contribution in [0.5, 0.6) is 0 Å². The summed E-state index contributed by atoms with van der Waals surface area (Å²) in [6.07, 6.45) is 5.59. The van der Waals surface area contributed by atoms with Crippen LogP contribution in [0.2, 0.25) is 0 Å². The fourth-order valence-corrected chi connectivity index (χ4v) is 3.44. The molecule has 1 aliphatic carbocycles. The van der Waals surface area contributed by atoms with Gasteiger partial charge in [0, 0.05) is 31.7 Å². The molecule has 2 aliphatic rings. The number of fused-ring (bicyclic) bond motifs is 1. The molecule has 1 fully saturated rings. The van der Waals surface area contributed by atoms with Gasteiger partial charge in [0.15, 0.2) is 0 Å². The standard InChI is InChI=1S/C20H23FN4O/c1-2-18-22-11-14-9-10-25(12-17(14)24-18)19(20(26)23-16-7-8-16)13-3-5-15(21)6-4-13/h3-6,11,16,19H,2,7-10,12H2,1H3,(H,23,26). The van der Waals surface area contributed by atoms with Gasteiger partial charge in [-0.3, -0.25) is 9.69 Å². The molecular formula is C20H23FN4O. The highest BCUT2D eigenvalue weighted by Gasteiger charge is 2.34. The number of aryl methyl sites for hydroxylation is 1. The maximum absolute atomic E-state index is 13.4. The Morgan fingerprint density at radius 1 is 1.35 bits per heavy atom. The lowest BCUT2D eigenvalue weighted by molar-refractivity contribution is -0.127. The Bertz CT molecular complexity index is 804. The summed E-state index contributed by atoms with van der Waals surface area (Å²) in [4.78, 5) is 24.1. The molecule has 2 aromatic rings. The Hall–Kier alpha value is -2.34. The second kappa shape index (κ2) is 7.11. The lowest BCUT2D eigenvalue weighted by Crippen LogP contribution is -2.43. The number of carbonyl (C=O) groups excluding carboxylic acids is 1. The number of amides is 1. The average molecular weight is 354 g/mol. The van der Waals surface area contributed by atoms with Gasteiger partial charge in [0.1, 0.15) is 17.7 Å². The van der Waals surface area contributed by atoms with Gasteiger partial charge in [-0.25, -0.2) is 14.4 Å². The number of hydrogen-bond acceptors (Lipinski definition) is 4. The maximum atomic E-state index is 13.4. The molecule has 0 radical (unpaired) electrons. The van der Waals surface area contributed by atoms with Gasteiger partial charge in [-0.15, -0.1) is 0 Å². The Morgan fingerprint density at radius 2 is 2.12 bits per heavy atom. The fourth-order valence-electron chi connectivity index (χ4n) is 3.44. The van der Waals surface area contributed by atoms with Gasteiger partial charge >= 0.3 is 0 Å². The van der Waals surface area contributed by atoms with Crippen molar-refractivity contribution in [2.45, 2.75) is 51.2 Å². The van der Waals surface area contributed by atoms with Gasteiger partial charge < -0.3 is 5.32 Å². The van der Waals surface area contributed by atoms with Gasteiger partial charge in [0.05, 0.1) is 5.69 Å². The Balaban J connectivity index is 1.62. The van der Waals surface area contributed by atoms with Crippen molar-refractivity contribution < 1.29 is 9.18 Å². The lowest BCUT2D eigenvalue weighted by Gasteiger charge is -2.34. The number of nitrogens with zero attached hydrogens (tertiary/aromatic N) is 3. The van der Waals surface area contributed by atoms with E-state index in [4.69, 9.17) is 0 Å². The summed E-state index contributed by atoms with van der Waals surface area (Å²) in [6, 6.07) is 6.11. The highest BCUT2D eigenvalue weighted by atomic mass is 19.1. The predicted molar refractivity (Wildman–Crippen MR) is 95.8 cm³/mol. The minimum Gasteiger partial charge on any atom is -0.352 e. The van der Waals surface area contributed by atoms with Crippen LogP contribution in [0.1, 0.15) is 48.5 Å². The third-order valence-corrected chi connectivity index (χ3v) is 5.06. The molecule has 1 N–H and O–H groups in total. The van der Waals surface area contributed by atoms with Gasteiger partial charge in [-0.2, -0.15) is 0 Å². The average Bonchev–Trinajstić information content (AvgIpc) is 3.47. The highest BCUT2D eigenvalue weighted by Crippen LogP contribution is 2.29. The number of rotatable bonds is 5. The zero-order chi connectivity index (χ0) is 18.1. The second-order valence-corrected chi connectivity index (χ2v) is 7.07. The van der Waals surface area contributed by atoms with Gasteiger partial charge in [-0.05, 0) is 42.5 Å². The van der Waals surface area contributed by atoms with Crippen LogP contribution >= 0.6 is 0 Å². The number of benzene rings is 1. The van der Waals surface area contributed by atoms with E-state index in [0.717, 1.165) is 54.9 Å². The van der Waals surface area contributed by atoms with Crippen LogP contribution in [-0.2, 0) is 24.2 Å². The van der Waals surface area contributed by atoms with Crippen molar-refractivity contribution in [3.05, 3.63) is 58.9 Å². The van der Waals surface area contributed by atoms with Crippen LogP contribution in [0.3, 0.4) is 0 Å². The molecule has 0 bridgehead atoms. The Morgan fingerprint density at radius 3 is 2.81 bits per heavy atom. The third-order valence-electron chi connectivity index (χ3n) is 5.06. The summed E-state index contributed by atoms with van der Waals surface area (Å²) in [5, 5.41) is 3.10. The molecule has 26 heavy (non-hydrogen) atoms. The maximum Gasteiger partial charge on any atom is 0.242 e. The Labute approximate surface area is 152 Å². The van der Waals surface area contributed by atoms with Gasteiger partial charge in [0.2, 0.25) is 5.91 Å². The van der Waals surface area contributed by atoms with E-state index in [1.54, 1.807) is 12.1 Å². The molecule has 1 amide bonds. The first-order valence-corrected chi connectivity index (χ1v) is 9.27. The number of halogens is 1. The first kappa shape index (κ1) is 17.1. The quantitative estimate of drug-likeness (QED) is 0.897. The molecule has 1 atom stereocenters. The normalized spacial score (nSPS) is 18.2. The van der Waals surface area contributed by atoms with Crippen molar-refractivity contribution in [1.29, 1.82) is 0 Å². The predicted octanol–water partition coefficient (Wildman–Crippen LogP) is 2.56. The van der Waals surface area contributed by atoms with Crippen LogP contribution in [0.25, 0.3) is 0 Å². The molecule has 6 heteroatoms. The zero-order valence-corrected chi connectivity index (χ0v) is 14.9. The number of aromatic nitrogens is 2. The van der Waals surface area contributed by atoms with Crippen LogP contribution in [-0.4, -0.2) is 33.4 Å². The summed E-state index contributed by atoms with van der Waals surface area (Å²) < 4.78 is 13.4. The molecule has 5 nitrogen and oxygen atoms in total. The highest BCUT2D eigenvalue weighted by molar-refractivity contribution is 5.83. The molecule has 0 saturated heterocycles. The van der Waals surface area contributed by atoms with Gasteiger partial charge in [-0.1, -0.05) is 19.1 Å². The summed E-state index contributed by atoms with van der Waals surface area (Å²) >= 11 is 0. The van der Waals surface area contributed by atoms with E-state index in [2.05, 4.69) is 20.2 Å². The van der Waals surface area contributed by atoms with Crippen LogP contribution in [0.4, 0.5) is 4.39 Å². The largest absolute Gasteiger partial charge is 0.352 e. The van der Waals surface area contributed by atoms with Crippen molar-refractivity contribution in [3.8, 4) is 0 Å². The van der Waals surface area contributed by atoms with E-state index >= 15 is 0 Å². The minimum atomic E-state index is -0.426. The first-order chi connectivity index (χ1) is 12.6. The summed E-state index contributed by atoms with van der Waals surface area (Å²) in [6.45, 7) is 3.39. The molecule has 1 aliphatic heterocycles. The minimum absolute atomic E-state index is 0.00710. The van der Waals surface area contributed by atoms with E-state index in [0.29, 0.717) is 6.54 Å². The molecule has 136 valence electrons. The van der Waals surface area contributed by atoms with Crippen molar-refractivity contribution in [2.24, 2.45) is 0 Å². The molecule has 1 saturated carbocycles. The van der Waals surface area contributed by atoms with E-state index in [1.165, 1.54) is 12.1 Å². The van der Waals surface area contributed by atoms with E-state index < -0.39 is 6.04 Å². The fraction of sp³-hybridized carbons (Fsp3) is 0.450. The van der Waals surface area contributed by atoms with Crippen molar-refractivity contribution in [1.82, 2.24) is 20.2 Å². The molecule has 2 heterocycles. The van der Waals surface area contributed by atoms with Crippen molar-refractivity contribution in [2.75, 3.05) is 6.54 Å². The zero-order valence-electron chi connectivity index (χ0n) is 14.9. The molecule has 1 aromatic heterocycles. The van der Waals surface area contributed by atoms with E-state index in [1.807, 2.05) is 13.1 Å². The molecule has 1 unspecified atom stereocenters. The smallest absolute Gasteiger partial charge is 0.242 e. The van der Waals surface area contributed by atoms with E-state index in [-0.39, 0.29) is 17.8 Å². The van der Waals surface area contributed by atoms with Crippen LogP contribution < -0.4 is 5.32 Å². The SMILES string of the molecule is CCc1ncc2c(n1)CN(C(C(=O)NC1CC1)c1ccc(F)cc1)CC2. The second-order valence-electron chi connectivity index (χ2n) is 7.07. The van der Waals surface area contributed by atoms with E-state index in [9.17, 15) is 9.18 Å². The number of hydrogen-bond donors (Lipinski definition) is 1. The van der Waals surface area contributed by atoms with Crippen molar-refractivity contribution >= 4 is 5.91 Å². The number of carbonyl (C=O) groups is 1. The Kier molecular flexibility index (Phi) is 4.68. The van der Waals surface area contributed by atoms with Gasteiger partial charge in [0.25, 0.3) is 0 Å². The topological polar surface area (TPSA) is 58.1 Å². The summed E-state index contributed by atoms with van der Waals surface area (Å²) in [7, 11) is 0. The monoisotopic (exact) mass is 354 g/mol. The third kappa shape index (κ3) is 3.60. The lowest BCUT2D eigenvalue weighted by atomic mass is 9.99. The number of nitrogens with one attached hydrogen (secondary N) is 1. The van der Waals surface area contributed by atoms with Crippen molar-refractivity contribution in [3.63, 3.8) is 0 Å². The first-order valence-electron chi connectivity index (χ1n) is 9.27. The molecule has 1 aromatic carbocycles. The molecule has 0 spiro atoms. The summed E-state index contributed by atoms with van der Waals surface area (Å²) in [5.74, 6) is 0.526. The van der Waals surface area contributed by atoms with Crippen LogP contribution in [0, 0.1) is 5.82 Å². The van der Waals surface area contributed by atoms with Crippen LogP contribution in [0.15, 0.2) is 30.5 Å². The molecule has 4 rings (SSSR count). The molecular weight excluding hydrogens is 331 g/mol.